The number of rotatable bonds is 7. The zero-order chi connectivity index (χ0) is 25.2. The third-order valence-electron chi connectivity index (χ3n) is 5.06. The van der Waals surface area contributed by atoms with Crippen LogP contribution in [-0.2, 0) is 24.3 Å². The van der Waals surface area contributed by atoms with Crippen molar-refractivity contribution in [3.05, 3.63) is 53.6 Å². The fourth-order valence-electron chi connectivity index (χ4n) is 3.25. The number of aryl methyl sites for hydroxylation is 2. The van der Waals surface area contributed by atoms with Gasteiger partial charge >= 0.3 is 5.97 Å². The average molecular weight is 535 g/mol. The molecular formula is C22H22N4O6S3. The number of thioether (sulfide) groups is 1. The summed E-state index contributed by atoms with van der Waals surface area (Å²) in [6, 6.07) is 11.7. The molecule has 1 N–H and O–H groups in total. The first-order chi connectivity index (χ1) is 16.7. The van der Waals surface area contributed by atoms with Gasteiger partial charge in [-0.05, 0) is 43.7 Å². The molecule has 0 fully saturated rings. The maximum atomic E-state index is 13.5. The number of hydrogen-bond donors (Lipinski definition) is 1. The summed E-state index contributed by atoms with van der Waals surface area (Å²) in [5.41, 5.74) is 2.15. The molecule has 184 valence electrons. The van der Waals surface area contributed by atoms with Crippen LogP contribution in [0.3, 0.4) is 0 Å². The predicted octanol–water partition coefficient (Wildman–Crippen LogP) is 3.02. The van der Waals surface area contributed by atoms with Crippen molar-refractivity contribution in [2.75, 3.05) is 29.0 Å². The molecule has 0 aliphatic carbocycles. The lowest BCUT2D eigenvalue weighted by molar-refractivity contribution is -0.137. The quantitative estimate of drug-likeness (QED) is 0.276. The van der Waals surface area contributed by atoms with E-state index in [4.69, 9.17) is 4.74 Å². The van der Waals surface area contributed by atoms with Crippen LogP contribution in [0, 0.1) is 13.8 Å². The largest absolute Gasteiger partial charge is 0.476 e. The number of amides is 1. The van der Waals surface area contributed by atoms with E-state index < -0.39 is 28.0 Å². The maximum absolute atomic E-state index is 13.5. The summed E-state index contributed by atoms with van der Waals surface area (Å²) in [5, 5.41) is 10.7. The van der Waals surface area contributed by atoms with Gasteiger partial charge in [0.1, 0.15) is 5.75 Å². The van der Waals surface area contributed by atoms with Crippen LogP contribution in [0.25, 0.3) is 0 Å². The molecule has 0 saturated heterocycles. The van der Waals surface area contributed by atoms with E-state index in [1.165, 1.54) is 23.5 Å². The van der Waals surface area contributed by atoms with E-state index in [0.717, 1.165) is 34.2 Å². The zero-order valence-electron chi connectivity index (χ0n) is 19.0. The molecule has 2 aromatic carbocycles. The molecule has 0 saturated carbocycles. The second-order valence-electron chi connectivity index (χ2n) is 7.65. The van der Waals surface area contributed by atoms with Gasteiger partial charge in [-0.25, -0.2) is 8.42 Å². The van der Waals surface area contributed by atoms with Crippen molar-refractivity contribution in [3.8, 4) is 5.75 Å². The first-order valence-corrected chi connectivity index (χ1v) is 13.6. The van der Waals surface area contributed by atoms with Crippen molar-refractivity contribution in [2.45, 2.75) is 29.2 Å². The molecule has 1 aliphatic rings. The SMILES string of the molecule is COC(=O)CSc1nnc(NC(=O)[C@H]2CN(S(=O)(=O)c3ccc(C)cc3)c3ccc(C)cc3O2)s1. The standard InChI is InChI=1S/C22H22N4O6S3/c1-13-4-7-15(8-5-13)35(29,30)26-11-18(32-17-10-14(2)6-9-16(17)26)20(28)23-21-24-25-22(34-21)33-12-19(27)31-3/h4-10,18H,11-12H2,1-3H3,(H,23,24,28)/t18-/m1/s1. The number of anilines is 2. The molecule has 35 heavy (non-hydrogen) atoms. The number of benzene rings is 2. The minimum atomic E-state index is -3.96. The smallest absolute Gasteiger partial charge is 0.316 e. The molecule has 0 spiro atoms. The third-order valence-corrected chi connectivity index (χ3v) is 8.80. The Kier molecular flexibility index (Phi) is 7.28. The van der Waals surface area contributed by atoms with Gasteiger partial charge in [-0.1, -0.05) is 46.9 Å². The van der Waals surface area contributed by atoms with Crippen molar-refractivity contribution in [1.29, 1.82) is 0 Å². The molecule has 1 aliphatic heterocycles. The topological polar surface area (TPSA) is 128 Å². The fourth-order valence-corrected chi connectivity index (χ4v) is 6.31. The van der Waals surface area contributed by atoms with Crippen LogP contribution < -0.4 is 14.4 Å². The third kappa shape index (κ3) is 5.57. The molecular weight excluding hydrogens is 512 g/mol. The van der Waals surface area contributed by atoms with Crippen LogP contribution in [0.1, 0.15) is 11.1 Å². The van der Waals surface area contributed by atoms with Crippen molar-refractivity contribution in [1.82, 2.24) is 10.2 Å². The Hall–Kier alpha value is -3.16. The van der Waals surface area contributed by atoms with Crippen LogP contribution in [0.15, 0.2) is 51.7 Å². The van der Waals surface area contributed by atoms with Crippen LogP contribution in [0.2, 0.25) is 0 Å². The molecule has 2 heterocycles. The van der Waals surface area contributed by atoms with Gasteiger partial charge < -0.3 is 9.47 Å². The number of carbonyl (C=O) groups is 2. The molecule has 0 unspecified atom stereocenters. The second-order valence-corrected chi connectivity index (χ2v) is 11.7. The highest BCUT2D eigenvalue weighted by Gasteiger charge is 2.38. The summed E-state index contributed by atoms with van der Waals surface area (Å²) < 4.78 is 39.2. The van der Waals surface area contributed by atoms with E-state index >= 15 is 0 Å². The lowest BCUT2D eigenvalue weighted by atomic mass is 10.1. The average Bonchev–Trinajstić information content (AvgIpc) is 3.28. The normalized spacial score (nSPS) is 15.2. The number of hydrogen-bond acceptors (Lipinski definition) is 10. The molecule has 0 radical (unpaired) electrons. The Balaban J connectivity index is 1.57. The molecule has 3 aromatic rings. The minimum absolute atomic E-state index is 0.0623. The first kappa shape index (κ1) is 24.9. The first-order valence-electron chi connectivity index (χ1n) is 10.4. The molecule has 1 aromatic heterocycles. The minimum Gasteiger partial charge on any atom is -0.476 e. The summed E-state index contributed by atoms with van der Waals surface area (Å²) in [6.45, 7) is 3.50. The summed E-state index contributed by atoms with van der Waals surface area (Å²) in [6.07, 6.45) is -1.13. The van der Waals surface area contributed by atoms with Gasteiger partial charge in [0.05, 0.1) is 30.0 Å². The van der Waals surface area contributed by atoms with E-state index in [0.29, 0.717) is 15.8 Å². The van der Waals surface area contributed by atoms with E-state index in [-0.39, 0.29) is 22.3 Å². The number of methoxy groups -OCH3 is 1. The lowest BCUT2D eigenvalue weighted by Crippen LogP contribution is -2.48. The number of fused-ring (bicyclic) bond motifs is 1. The molecule has 10 nitrogen and oxygen atoms in total. The highest BCUT2D eigenvalue weighted by Crippen LogP contribution is 2.38. The monoisotopic (exact) mass is 534 g/mol. The fraction of sp³-hybridized carbons (Fsp3) is 0.273. The Morgan fingerprint density at radius 3 is 2.60 bits per heavy atom. The van der Waals surface area contributed by atoms with Gasteiger partial charge in [0, 0.05) is 0 Å². The van der Waals surface area contributed by atoms with E-state index in [1.807, 2.05) is 13.8 Å². The van der Waals surface area contributed by atoms with Gasteiger partial charge in [-0.3, -0.25) is 19.2 Å². The Morgan fingerprint density at radius 2 is 1.89 bits per heavy atom. The van der Waals surface area contributed by atoms with Gasteiger partial charge in [0.15, 0.2) is 10.4 Å². The van der Waals surface area contributed by atoms with E-state index in [2.05, 4.69) is 20.3 Å². The molecule has 4 rings (SSSR count). The summed E-state index contributed by atoms with van der Waals surface area (Å²) >= 11 is 2.22. The highest BCUT2D eigenvalue weighted by atomic mass is 32.2. The van der Waals surface area contributed by atoms with E-state index in [9.17, 15) is 18.0 Å². The number of aromatic nitrogens is 2. The Bertz CT molecular complexity index is 1360. The predicted molar refractivity (Wildman–Crippen MR) is 133 cm³/mol. The second kappa shape index (κ2) is 10.2. The number of sulfonamides is 1. The number of nitrogens with one attached hydrogen (secondary N) is 1. The van der Waals surface area contributed by atoms with Gasteiger partial charge in [-0.15, -0.1) is 10.2 Å². The van der Waals surface area contributed by atoms with Gasteiger partial charge in [0.25, 0.3) is 15.9 Å². The maximum Gasteiger partial charge on any atom is 0.316 e. The zero-order valence-corrected chi connectivity index (χ0v) is 21.5. The van der Waals surface area contributed by atoms with Crippen molar-refractivity contribution >= 4 is 55.8 Å². The van der Waals surface area contributed by atoms with Crippen LogP contribution in [0.5, 0.6) is 5.75 Å². The molecule has 13 heteroatoms. The molecule has 1 amide bonds. The van der Waals surface area contributed by atoms with Gasteiger partial charge in [-0.2, -0.15) is 0 Å². The van der Waals surface area contributed by atoms with Crippen molar-refractivity contribution < 1.29 is 27.5 Å². The number of carbonyl (C=O) groups excluding carboxylic acids is 2. The summed E-state index contributed by atoms with van der Waals surface area (Å²) in [5.74, 6) is -0.622. The van der Waals surface area contributed by atoms with Crippen molar-refractivity contribution in [2.24, 2.45) is 0 Å². The number of esters is 1. The lowest BCUT2D eigenvalue weighted by Gasteiger charge is -2.34. The number of nitrogens with zero attached hydrogens (tertiary/aromatic N) is 3. The summed E-state index contributed by atoms with van der Waals surface area (Å²) in [7, 11) is -2.66. The van der Waals surface area contributed by atoms with Crippen molar-refractivity contribution in [3.63, 3.8) is 0 Å². The Labute approximate surface area is 210 Å². The van der Waals surface area contributed by atoms with Crippen LogP contribution >= 0.6 is 23.1 Å². The molecule has 1 atom stereocenters. The van der Waals surface area contributed by atoms with Crippen LogP contribution in [-0.4, -0.2) is 56.0 Å². The Morgan fingerprint density at radius 1 is 1.17 bits per heavy atom. The number of ether oxygens (including phenoxy) is 2. The summed E-state index contributed by atoms with van der Waals surface area (Å²) in [4.78, 5) is 24.5. The molecule has 0 bridgehead atoms. The highest BCUT2D eigenvalue weighted by molar-refractivity contribution is 8.01. The van der Waals surface area contributed by atoms with Gasteiger partial charge in [0.2, 0.25) is 5.13 Å². The van der Waals surface area contributed by atoms with Crippen LogP contribution in [0.4, 0.5) is 10.8 Å². The van der Waals surface area contributed by atoms with E-state index in [1.54, 1.807) is 30.3 Å².